The van der Waals surface area contributed by atoms with Crippen molar-refractivity contribution in [2.75, 3.05) is 13.6 Å². The summed E-state index contributed by atoms with van der Waals surface area (Å²) in [7, 11) is 1.85. The molecular formula is C22H28F3NO3. The summed E-state index contributed by atoms with van der Waals surface area (Å²) in [6, 6.07) is 14.4. The Kier molecular flexibility index (Phi) is 10.8. The van der Waals surface area contributed by atoms with Crippen LogP contribution in [0.4, 0.5) is 13.2 Å². The largest absolute Gasteiger partial charge is 0.486 e. The van der Waals surface area contributed by atoms with Crippen LogP contribution in [0.25, 0.3) is 0 Å². The average Bonchev–Trinajstić information content (AvgIpc) is 2.70. The molecule has 0 saturated carbocycles. The van der Waals surface area contributed by atoms with Gasteiger partial charge in [-0.3, -0.25) is 4.79 Å². The van der Waals surface area contributed by atoms with Crippen molar-refractivity contribution in [3.63, 3.8) is 0 Å². The van der Waals surface area contributed by atoms with Gasteiger partial charge in [0.1, 0.15) is 11.9 Å². The van der Waals surface area contributed by atoms with E-state index in [0.717, 1.165) is 43.5 Å². The SMILES string of the molecule is CCCCC(=O)O.CNCCC(Oc1ccc(C(F)(F)F)cc1)c1ccccc1. The normalized spacial score (nSPS) is 11.9. The molecule has 2 aromatic rings. The van der Waals surface area contributed by atoms with Crippen LogP contribution < -0.4 is 10.1 Å². The Morgan fingerprint density at radius 2 is 1.72 bits per heavy atom. The van der Waals surface area contributed by atoms with E-state index in [1.54, 1.807) is 0 Å². The average molecular weight is 411 g/mol. The second-order valence-corrected chi connectivity index (χ2v) is 6.43. The van der Waals surface area contributed by atoms with Gasteiger partial charge in [-0.05, 0) is 49.8 Å². The Bertz CT molecular complexity index is 703. The predicted molar refractivity (Wildman–Crippen MR) is 107 cm³/mol. The smallest absolute Gasteiger partial charge is 0.416 e. The van der Waals surface area contributed by atoms with Crippen molar-refractivity contribution in [2.45, 2.75) is 44.9 Å². The number of carbonyl (C=O) groups is 1. The first kappa shape index (κ1) is 24.5. The van der Waals surface area contributed by atoms with Crippen molar-refractivity contribution >= 4 is 5.97 Å². The summed E-state index contributed by atoms with van der Waals surface area (Å²) in [4.78, 5) is 9.76. The van der Waals surface area contributed by atoms with Gasteiger partial charge in [0.25, 0.3) is 0 Å². The molecule has 0 aromatic heterocycles. The van der Waals surface area contributed by atoms with Crippen LogP contribution in [0.5, 0.6) is 5.75 Å². The quantitative estimate of drug-likeness (QED) is 0.556. The van der Waals surface area contributed by atoms with Crippen LogP contribution in [0.3, 0.4) is 0 Å². The number of aliphatic carboxylic acids is 1. The number of rotatable bonds is 9. The fraction of sp³-hybridized carbons (Fsp3) is 0.409. The van der Waals surface area contributed by atoms with Crippen molar-refractivity contribution < 1.29 is 27.8 Å². The third-order valence-electron chi connectivity index (χ3n) is 4.03. The molecule has 0 heterocycles. The van der Waals surface area contributed by atoms with Gasteiger partial charge >= 0.3 is 12.1 Å². The zero-order valence-electron chi connectivity index (χ0n) is 16.7. The van der Waals surface area contributed by atoms with Gasteiger partial charge in [-0.15, -0.1) is 0 Å². The number of unbranched alkanes of at least 4 members (excludes halogenated alkanes) is 1. The van der Waals surface area contributed by atoms with E-state index in [1.165, 1.54) is 12.1 Å². The number of carboxylic acid groups (broad SMARTS) is 1. The van der Waals surface area contributed by atoms with Crippen LogP contribution in [0.2, 0.25) is 0 Å². The summed E-state index contributed by atoms with van der Waals surface area (Å²) in [5.74, 6) is -0.264. The second kappa shape index (κ2) is 12.8. The molecule has 0 radical (unpaired) electrons. The van der Waals surface area contributed by atoms with E-state index in [-0.39, 0.29) is 6.10 Å². The lowest BCUT2D eigenvalue weighted by molar-refractivity contribution is -0.138. The monoisotopic (exact) mass is 411 g/mol. The minimum absolute atomic E-state index is 0.203. The van der Waals surface area contributed by atoms with Gasteiger partial charge < -0.3 is 15.2 Å². The molecule has 0 fully saturated rings. The minimum Gasteiger partial charge on any atom is -0.486 e. The van der Waals surface area contributed by atoms with Gasteiger partial charge in [-0.2, -0.15) is 13.2 Å². The number of benzene rings is 2. The molecule has 0 saturated heterocycles. The Hall–Kier alpha value is -2.54. The van der Waals surface area contributed by atoms with Crippen molar-refractivity contribution in [1.82, 2.24) is 5.32 Å². The highest BCUT2D eigenvalue weighted by Crippen LogP contribution is 2.31. The Morgan fingerprint density at radius 1 is 1.10 bits per heavy atom. The molecule has 0 aliphatic heterocycles. The molecule has 0 bridgehead atoms. The van der Waals surface area contributed by atoms with Crippen molar-refractivity contribution in [3.8, 4) is 5.75 Å². The van der Waals surface area contributed by atoms with Crippen LogP contribution in [0.15, 0.2) is 54.6 Å². The number of hydrogen-bond donors (Lipinski definition) is 2. The first-order chi connectivity index (χ1) is 13.8. The topological polar surface area (TPSA) is 58.6 Å². The van der Waals surface area contributed by atoms with E-state index in [4.69, 9.17) is 9.84 Å². The molecule has 7 heteroatoms. The van der Waals surface area contributed by atoms with Gasteiger partial charge in [0.2, 0.25) is 0 Å². The summed E-state index contributed by atoms with van der Waals surface area (Å²) in [5.41, 5.74) is 0.323. The molecule has 2 N–H and O–H groups in total. The minimum atomic E-state index is -4.33. The highest BCUT2D eigenvalue weighted by molar-refractivity contribution is 5.66. The Labute approximate surface area is 169 Å². The zero-order chi connectivity index (χ0) is 21.7. The molecule has 1 atom stereocenters. The lowest BCUT2D eigenvalue weighted by Gasteiger charge is -2.20. The summed E-state index contributed by atoms with van der Waals surface area (Å²) >= 11 is 0. The van der Waals surface area contributed by atoms with Crippen molar-refractivity contribution in [2.24, 2.45) is 0 Å². The number of alkyl halides is 3. The molecule has 0 aliphatic carbocycles. The lowest BCUT2D eigenvalue weighted by Crippen LogP contribution is -2.16. The lowest BCUT2D eigenvalue weighted by atomic mass is 10.1. The number of nitrogens with one attached hydrogen (secondary N) is 1. The summed E-state index contributed by atoms with van der Waals surface area (Å²) in [6.45, 7) is 2.73. The first-order valence-electron chi connectivity index (χ1n) is 9.53. The maximum absolute atomic E-state index is 12.6. The van der Waals surface area contributed by atoms with E-state index in [2.05, 4.69) is 5.32 Å². The van der Waals surface area contributed by atoms with E-state index >= 15 is 0 Å². The number of hydrogen-bond acceptors (Lipinski definition) is 3. The molecule has 2 rings (SSSR count). The fourth-order valence-corrected chi connectivity index (χ4v) is 2.45. The molecule has 0 spiro atoms. The van der Waals surface area contributed by atoms with Gasteiger partial charge in [0.15, 0.2) is 0 Å². The predicted octanol–water partition coefficient (Wildman–Crippen LogP) is 5.70. The molecule has 4 nitrogen and oxygen atoms in total. The molecule has 29 heavy (non-hydrogen) atoms. The van der Waals surface area contributed by atoms with E-state index in [0.29, 0.717) is 12.2 Å². The molecule has 160 valence electrons. The van der Waals surface area contributed by atoms with E-state index < -0.39 is 17.7 Å². The van der Waals surface area contributed by atoms with E-state index in [1.807, 2.05) is 44.3 Å². The standard InChI is InChI=1S/C17H18F3NO.C5H10O2/c1-21-12-11-16(13-5-3-2-4-6-13)22-15-9-7-14(8-10-15)17(18,19)20;1-2-3-4-5(6)7/h2-10,16,21H,11-12H2,1H3;2-4H2,1H3,(H,6,7). The highest BCUT2D eigenvalue weighted by Gasteiger charge is 2.30. The molecule has 0 amide bonds. The van der Waals surface area contributed by atoms with Gasteiger partial charge in [0.05, 0.1) is 5.56 Å². The second-order valence-electron chi connectivity index (χ2n) is 6.43. The molecule has 1 unspecified atom stereocenters. The van der Waals surface area contributed by atoms with E-state index in [9.17, 15) is 18.0 Å². The molecular weight excluding hydrogens is 383 g/mol. The van der Waals surface area contributed by atoms with Crippen LogP contribution in [-0.4, -0.2) is 24.7 Å². The Morgan fingerprint density at radius 3 is 2.17 bits per heavy atom. The Balaban J connectivity index is 0.000000516. The van der Waals surface area contributed by atoms with Gasteiger partial charge in [-0.25, -0.2) is 0 Å². The van der Waals surface area contributed by atoms with Gasteiger partial charge in [0, 0.05) is 12.8 Å². The fourth-order valence-electron chi connectivity index (χ4n) is 2.45. The van der Waals surface area contributed by atoms with Crippen LogP contribution >= 0.6 is 0 Å². The third kappa shape index (κ3) is 9.99. The number of ether oxygens (including phenoxy) is 1. The maximum atomic E-state index is 12.6. The van der Waals surface area contributed by atoms with Crippen LogP contribution in [0, 0.1) is 0 Å². The van der Waals surface area contributed by atoms with Crippen molar-refractivity contribution in [1.29, 1.82) is 0 Å². The first-order valence-corrected chi connectivity index (χ1v) is 9.53. The van der Waals surface area contributed by atoms with Gasteiger partial charge in [-0.1, -0.05) is 43.7 Å². The summed E-state index contributed by atoms with van der Waals surface area (Å²) < 4.78 is 43.6. The maximum Gasteiger partial charge on any atom is 0.416 e. The highest BCUT2D eigenvalue weighted by atomic mass is 19.4. The third-order valence-corrected chi connectivity index (χ3v) is 4.03. The number of carboxylic acids is 1. The number of halogens is 3. The molecule has 2 aromatic carbocycles. The molecule has 0 aliphatic rings. The van der Waals surface area contributed by atoms with Crippen LogP contribution in [0.1, 0.15) is 49.8 Å². The zero-order valence-corrected chi connectivity index (χ0v) is 16.7. The van der Waals surface area contributed by atoms with Crippen molar-refractivity contribution in [3.05, 3.63) is 65.7 Å². The van der Waals surface area contributed by atoms with Crippen LogP contribution in [-0.2, 0) is 11.0 Å². The summed E-state index contributed by atoms with van der Waals surface area (Å²) in [6.07, 6.45) is -1.73. The summed E-state index contributed by atoms with van der Waals surface area (Å²) in [5, 5.41) is 11.1.